The van der Waals surface area contributed by atoms with Gasteiger partial charge in [0, 0.05) is 11.9 Å². The third-order valence-corrected chi connectivity index (χ3v) is 3.39. The second-order valence-electron chi connectivity index (χ2n) is 3.78. The third kappa shape index (κ3) is 2.62. The monoisotopic (exact) mass is 264 g/mol. The summed E-state index contributed by atoms with van der Waals surface area (Å²) in [7, 11) is 1.88. The van der Waals surface area contributed by atoms with E-state index in [0.29, 0.717) is 12.4 Å². The van der Waals surface area contributed by atoms with Crippen LogP contribution in [0.15, 0.2) is 17.9 Å². The van der Waals surface area contributed by atoms with Crippen LogP contribution in [0.4, 0.5) is 5.82 Å². The van der Waals surface area contributed by atoms with Gasteiger partial charge in [-0.25, -0.2) is 19.7 Å². The minimum absolute atomic E-state index is 0.0545. The number of hydrogen-bond donors (Lipinski definition) is 1. The molecule has 0 saturated heterocycles. The van der Waals surface area contributed by atoms with Crippen LogP contribution in [0.2, 0.25) is 0 Å². The Kier molecular flexibility index (Phi) is 3.52. The summed E-state index contributed by atoms with van der Waals surface area (Å²) in [6, 6.07) is 0. The first-order valence-electron chi connectivity index (χ1n) is 5.23. The van der Waals surface area contributed by atoms with Crippen LogP contribution in [0.25, 0.3) is 0 Å². The highest BCUT2D eigenvalue weighted by molar-refractivity contribution is 7.09. The van der Waals surface area contributed by atoms with E-state index in [1.165, 1.54) is 12.4 Å². The molecule has 7 heteroatoms. The maximum atomic E-state index is 10.7. The van der Waals surface area contributed by atoms with Gasteiger partial charge >= 0.3 is 5.97 Å². The van der Waals surface area contributed by atoms with Crippen molar-refractivity contribution in [3.05, 3.63) is 34.2 Å². The van der Waals surface area contributed by atoms with Crippen molar-refractivity contribution in [2.75, 3.05) is 11.9 Å². The number of rotatable bonds is 4. The molecule has 0 aliphatic heterocycles. The second-order valence-corrected chi connectivity index (χ2v) is 4.72. The van der Waals surface area contributed by atoms with Crippen molar-refractivity contribution >= 4 is 23.1 Å². The normalized spacial score (nSPS) is 10.3. The summed E-state index contributed by atoms with van der Waals surface area (Å²) >= 11 is 1.59. The summed E-state index contributed by atoms with van der Waals surface area (Å²) in [6.45, 7) is 2.64. The molecule has 1 N–H and O–H groups in total. The van der Waals surface area contributed by atoms with Gasteiger partial charge < -0.3 is 10.0 Å². The first-order chi connectivity index (χ1) is 8.58. The minimum atomic E-state index is -1.07. The lowest BCUT2D eigenvalue weighted by Crippen LogP contribution is -2.18. The zero-order valence-electron chi connectivity index (χ0n) is 9.99. The summed E-state index contributed by atoms with van der Waals surface area (Å²) in [5.41, 5.74) is 2.75. The van der Waals surface area contributed by atoms with Crippen molar-refractivity contribution in [2.24, 2.45) is 0 Å². The van der Waals surface area contributed by atoms with Crippen LogP contribution >= 0.6 is 11.3 Å². The van der Waals surface area contributed by atoms with Gasteiger partial charge in [-0.2, -0.15) is 0 Å². The Morgan fingerprint density at radius 1 is 1.39 bits per heavy atom. The minimum Gasteiger partial charge on any atom is -0.476 e. The number of aryl methyl sites for hydroxylation is 1. The predicted octanol–water partition coefficient (Wildman–Crippen LogP) is 1.58. The molecule has 0 atom stereocenters. The number of anilines is 1. The fourth-order valence-electron chi connectivity index (χ4n) is 1.40. The van der Waals surface area contributed by atoms with E-state index in [2.05, 4.69) is 15.0 Å². The molecule has 18 heavy (non-hydrogen) atoms. The lowest BCUT2D eigenvalue weighted by Gasteiger charge is -2.16. The standard InChI is InChI=1S/C11H12N4O2S/c1-7-9(18-6-14-7)5-15(2)10-4-12-8(3-13-10)11(16)17/h3-4,6H,5H2,1-2H3,(H,16,17). The molecule has 0 spiro atoms. The molecule has 2 heterocycles. The van der Waals surface area contributed by atoms with Crippen LogP contribution in [0.5, 0.6) is 0 Å². The van der Waals surface area contributed by atoms with Gasteiger partial charge in [0.2, 0.25) is 0 Å². The average molecular weight is 264 g/mol. The van der Waals surface area contributed by atoms with Crippen LogP contribution in [0.3, 0.4) is 0 Å². The maximum Gasteiger partial charge on any atom is 0.356 e. The highest BCUT2D eigenvalue weighted by atomic mass is 32.1. The van der Waals surface area contributed by atoms with Gasteiger partial charge in [-0.15, -0.1) is 11.3 Å². The Balaban J connectivity index is 2.12. The second kappa shape index (κ2) is 5.09. The quantitative estimate of drug-likeness (QED) is 0.903. The maximum absolute atomic E-state index is 10.7. The molecule has 2 rings (SSSR count). The largest absolute Gasteiger partial charge is 0.476 e. The number of nitrogens with zero attached hydrogens (tertiary/aromatic N) is 4. The number of carbonyl (C=O) groups is 1. The molecule has 94 valence electrons. The SMILES string of the molecule is Cc1ncsc1CN(C)c1cnc(C(=O)O)cn1. The van der Waals surface area contributed by atoms with E-state index in [0.717, 1.165) is 10.6 Å². The molecule has 0 aliphatic rings. The van der Waals surface area contributed by atoms with Gasteiger partial charge in [0.25, 0.3) is 0 Å². The van der Waals surface area contributed by atoms with Crippen molar-refractivity contribution < 1.29 is 9.90 Å². The van der Waals surface area contributed by atoms with Crippen LogP contribution in [-0.2, 0) is 6.54 Å². The Labute approximate surface area is 108 Å². The van der Waals surface area contributed by atoms with E-state index in [1.807, 2.05) is 18.9 Å². The third-order valence-electron chi connectivity index (χ3n) is 2.47. The van der Waals surface area contributed by atoms with Gasteiger partial charge in [0.1, 0.15) is 5.82 Å². The number of thiazole rings is 1. The van der Waals surface area contributed by atoms with Gasteiger partial charge in [-0.1, -0.05) is 0 Å². The molecular formula is C11H12N4O2S. The first kappa shape index (κ1) is 12.4. The summed E-state index contributed by atoms with van der Waals surface area (Å²) in [5, 5.41) is 8.74. The summed E-state index contributed by atoms with van der Waals surface area (Å²) in [4.78, 5) is 25.8. The van der Waals surface area contributed by atoms with Crippen molar-refractivity contribution in [3.63, 3.8) is 0 Å². The van der Waals surface area contributed by atoms with E-state index in [-0.39, 0.29) is 5.69 Å². The Bertz CT molecular complexity index is 552. The summed E-state index contributed by atoms with van der Waals surface area (Å²) in [5.74, 6) is -0.442. The first-order valence-corrected chi connectivity index (χ1v) is 6.11. The number of hydrogen-bond acceptors (Lipinski definition) is 6. The van der Waals surface area contributed by atoms with Gasteiger partial charge in [-0.3, -0.25) is 0 Å². The Morgan fingerprint density at radius 3 is 2.67 bits per heavy atom. The average Bonchev–Trinajstić information content (AvgIpc) is 2.75. The van der Waals surface area contributed by atoms with Gasteiger partial charge in [0.15, 0.2) is 5.69 Å². The van der Waals surface area contributed by atoms with E-state index in [4.69, 9.17) is 5.11 Å². The highest BCUT2D eigenvalue weighted by Crippen LogP contribution is 2.17. The number of carboxylic acid groups (broad SMARTS) is 1. The lowest BCUT2D eigenvalue weighted by molar-refractivity contribution is 0.0690. The smallest absolute Gasteiger partial charge is 0.356 e. The van der Waals surface area contributed by atoms with Gasteiger partial charge in [0.05, 0.1) is 30.1 Å². The topological polar surface area (TPSA) is 79.2 Å². The lowest BCUT2D eigenvalue weighted by atomic mass is 10.3. The van der Waals surface area contributed by atoms with Crippen molar-refractivity contribution in [1.29, 1.82) is 0 Å². The molecular weight excluding hydrogens is 252 g/mol. The van der Waals surface area contributed by atoms with Crippen molar-refractivity contribution in [2.45, 2.75) is 13.5 Å². The molecule has 0 aromatic carbocycles. The fourth-order valence-corrected chi connectivity index (χ4v) is 2.23. The summed E-state index contributed by atoms with van der Waals surface area (Å²) < 4.78 is 0. The van der Waals surface area contributed by atoms with Crippen LogP contribution in [-0.4, -0.2) is 33.1 Å². The number of aromatic carboxylic acids is 1. The highest BCUT2D eigenvalue weighted by Gasteiger charge is 2.10. The Hall–Kier alpha value is -2.02. The van der Waals surface area contributed by atoms with Crippen LogP contribution in [0, 0.1) is 6.92 Å². The molecule has 0 bridgehead atoms. The molecule has 0 aliphatic carbocycles. The molecule has 0 amide bonds. The van der Waals surface area contributed by atoms with Crippen LogP contribution in [0.1, 0.15) is 21.1 Å². The zero-order chi connectivity index (χ0) is 13.1. The summed E-state index contributed by atoms with van der Waals surface area (Å²) in [6.07, 6.45) is 2.72. The molecule has 2 aromatic rings. The van der Waals surface area contributed by atoms with E-state index in [1.54, 1.807) is 16.8 Å². The van der Waals surface area contributed by atoms with E-state index < -0.39 is 5.97 Å². The van der Waals surface area contributed by atoms with Crippen molar-refractivity contribution in [3.8, 4) is 0 Å². The predicted molar refractivity (Wildman–Crippen MR) is 67.9 cm³/mol. The zero-order valence-corrected chi connectivity index (χ0v) is 10.8. The van der Waals surface area contributed by atoms with E-state index in [9.17, 15) is 4.79 Å². The Morgan fingerprint density at radius 2 is 2.17 bits per heavy atom. The molecule has 0 unspecified atom stereocenters. The van der Waals surface area contributed by atoms with Gasteiger partial charge in [-0.05, 0) is 6.92 Å². The molecule has 2 aromatic heterocycles. The van der Waals surface area contributed by atoms with E-state index >= 15 is 0 Å². The van der Waals surface area contributed by atoms with Crippen molar-refractivity contribution in [1.82, 2.24) is 15.0 Å². The number of aromatic nitrogens is 3. The van der Waals surface area contributed by atoms with Crippen LogP contribution < -0.4 is 4.90 Å². The molecule has 6 nitrogen and oxygen atoms in total. The number of carboxylic acids is 1. The molecule has 0 fully saturated rings. The molecule has 0 saturated carbocycles. The fraction of sp³-hybridized carbons (Fsp3) is 0.273. The molecule has 0 radical (unpaired) electrons.